The Labute approximate surface area is 116 Å². The molecule has 2 rings (SSSR count). The fourth-order valence-corrected chi connectivity index (χ4v) is 2.66. The first-order valence-corrected chi connectivity index (χ1v) is 7.29. The lowest BCUT2D eigenvalue weighted by atomic mass is 9.89. The molecule has 3 nitrogen and oxygen atoms in total. The summed E-state index contributed by atoms with van der Waals surface area (Å²) in [4.78, 5) is 12.2. The summed E-state index contributed by atoms with van der Waals surface area (Å²) in [6.07, 6.45) is 0.399. The second-order valence-electron chi connectivity index (χ2n) is 5.11. The van der Waals surface area contributed by atoms with Crippen LogP contribution in [0.1, 0.15) is 13.3 Å². The highest BCUT2D eigenvalue weighted by Crippen LogP contribution is 2.25. The van der Waals surface area contributed by atoms with Gasteiger partial charge in [-0.2, -0.15) is 0 Å². The Bertz CT molecular complexity index is 449. The molecule has 1 amide bonds. The first kappa shape index (κ1) is 14.3. The van der Waals surface area contributed by atoms with Gasteiger partial charge in [-0.15, -0.1) is 11.8 Å². The van der Waals surface area contributed by atoms with Crippen molar-refractivity contribution in [1.82, 2.24) is 5.32 Å². The van der Waals surface area contributed by atoms with Gasteiger partial charge in [0, 0.05) is 29.0 Å². The zero-order chi connectivity index (χ0) is 13.7. The maximum atomic E-state index is 13.3. The summed E-state index contributed by atoms with van der Waals surface area (Å²) in [5.74, 6) is 0.365. The molecule has 0 saturated carbocycles. The van der Waals surface area contributed by atoms with Crippen molar-refractivity contribution in [3.63, 3.8) is 0 Å². The van der Waals surface area contributed by atoms with E-state index in [0.717, 1.165) is 0 Å². The normalized spacial score (nSPS) is 16.7. The third kappa shape index (κ3) is 4.21. The quantitative estimate of drug-likeness (QED) is 0.815. The molecule has 1 N–H and O–H groups in total. The van der Waals surface area contributed by atoms with Crippen LogP contribution in [0.3, 0.4) is 0 Å². The molecule has 0 bridgehead atoms. The average Bonchev–Trinajstić information content (AvgIpc) is 2.36. The molecular formula is C14H18FNO2S. The summed E-state index contributed by atoms with van der Waals surface area (Å²) in [7, 11) is 0. The largest absolute Gasteiger partial charge is 0.380 e. The average molecular weight is 283 g/mol. The van der Waals surface area contributed by atoms with Crippen molar-refractivity contribution in [2.24, 2.45) is 5.41 Å². The Hall–Kier alpha value is -1.07. The lowest BCUT2D eigenvalue weighted by Crippen LogP contribution is -2.48. The van der Waals surface area contributed by atoms with E-state index in [0.29, 0.717) is 36.8 Å². The van der Waals surface area contributed by atoms with Crippen molar-refractivity contribution < 1.29 is 13.9 Å². The molecule has 104 valence electrons. The summed E-state index contributed by atoms with van der Waals surface area (Å²) >= 11 is 1.37. The number of carbonyl (C=O) groups excluding carboxylic acids is 1. The van der Waals surface area contributed by atoms with Crippen LogP contribution in [-0.2, 0) is 9.53 Å². The van der Waals surface area contributed by atoms with Crippen molar-refractivity contribution in [2.75, 3.05) is 25.5 Å². The van der Waals surface area contributed by atoms with Crippen LogP contribution < -0.4 is 5.32 Å². The van der Waals surface area contributed by atoms with Gasteiger partial charge in [0.25, 0.3) is 0 Å². The van der Waals surface area contributed by atoms with Crippen molar-refractivity contribution in [2.45, 2.75) is 18.2 Å². The number of hydrogen-bond acceptors (Lipinski definition) is 3. The number of carbonyl (C=O) groups is 1. The summed E-state index contributed by atoms with van der Waals surface area (Å²) < 4.78 is 18.5. The third-order valence-corrected chi connectivity index (χ3v) is 4.09. The number of ether oxygens (including phenoxy) is 1. The molecule has 1 fully saturated rings. The number of hydrogen-bond donors (Lipinski definition) is 1. The van der Waals surface area contributed by atoms with Crippen LogP contribution in [-0.4, -0.2) is 31.4 Å². The second-order valence-corrected chi connectivity index (χ2v) is 6.25. The highest BCUT2D eigenvalue weighted by atomic mass is 32.2. The van der Waals surface area contributed by atoms with Gasteiger partial charge in [-0.25, -0.2) is 4.39 Å². The Morgan fingerprint density at radius 2 is 2.21 bits per heavy atom. The molecule has 0 aliphatic carbocycles. The van der Waals surface area contributed by atoms with E-state index in [1.165, 1.54) is 17.8 Å². The van der Waals surface area contributed by atoms with Crippen LogP contribution in [0.2, 0.25) is 0 Å². The van der Waals surface area contributed by atoms with Gasteiger partial charge in [-0.3, -0.25) is 4.79 Å². The molecule has 1 aliphatic heterocycles. The van der Waals surface area contributed by atoms with Gasteiger partial charge in [0.1, 0.15) is 5.82 Å². The number of benzene rings is 1. The molecule has 1 heterocycles. The Morgan fingerprint density at radius 3 is 2.84 bits per heavy atom. The maximum Gasteiger partial charge on any atom is 0.220 e. The molecular weight excluding hydrogens is 265 g/mol. The van der Waals surface area contributed by atoms with Crippen LogP contribution in [0.15, 0.2) is 29.2 Å². The molecule has 5 heteroatoms. The van der Waals surface area contributed by atoms with Crippen molar-refractivity contribution in [3.8, 4) is 0 Å². The number of thioether (sulfide) groups is 1. The highest BCUT2D eigenvalue weighted by molar-refractivity contribution is 7.99. The molecule has 1 saturated heterocycles. The SMILES string of the molecule is CC1(CNC(=O)CCSc2ccccc2F)COC1. The lowest BCUT2D eigenvalue weighted by Gasteiger charge is -2.38. The van der Waals surface area contributed by atoms with Crippen molar-refractivity contribution in [3.05, 3.63) is 30.1 Å². The van der Waals surface area contributed by atoms with Crippen LogP contribution >= 0.6 is 11.8 Å². The predicted octanol–water partition coefficient (Wildman–Crippen LogP) is 2.46. The van der Waals surface area contributed by atoms with Crippen molar-refractivity contribution in [1.29, 1.82) is 0 Å². The molecule has 0 unspecified atom stereocenters. The minimum absolute atomic E-state index is 0.0111. The number of halogens is 1. The lowest BCUT2D eigenvalue weighted by molar-refractivity contribution is -0.126. The highest BCUT2D eigenvalue weighted by Gasteiger charge is 2.33. The molecule has 0 radical (unpaired) electrons. The second kappa shape index (κ2) is 6.39. The first-order chi connectivity index (χ1) is 9.09. The van der Waals surface area contributed by atoms with Gasteiger partial charge >= 0.3 is 0 Å². The topological polar surface area (TPSA) is 38.3 Å². The van der Waals surface area contributed by atoms with E-state index in [9.17, 15) is 9.18 Å². The van der Waals surface area contributed by atoms with E-state index in [1.807, 2.05) is 0 Å². The van der Waals surface area contributed by atoms with Gasteiger partial charge < -0.3 is 10.1 Å². The molecule has 19 heavy (non-hydrogen) atoms. The van der Waals surface area contributed by atoms with Gasteiger partial charge in [0.15, 0.2) is 0 Å². The van der Waals surface area contributed by atoms with Gasteiger partial charge in [-0.1, -0.05) is 19.1 Å². The minimum atomic E-state index is -0.230. The number of amides is 1. The zero-order valence-corrected chi connectivity index (χ0v) is 11.8. The van der Waals surface area contributed by atoms with E-state index >= 15 is 0 Å². The van der Waals surface area contributed by atoms with Crippen LogP contribution in [0, 0.1) is 11.2 Å². The molecule has 0 aromatic heterocycles. The third-order valence-electron chi connectivity index (χ3n) is 3.04. The molecule has 1 aromatic carbocycles. The fourth-order valence-electron chi connectivity index (χ4n) is 1.77. The fraction of sp³-hybridized carbons (Fsp3) is 0.500. The standard InChI is InChI=1S/C14H18FNO2S/c1-14(9-18-10-14)8-16-13(17)6-7-19-12-5-3-2-4-11(12)15/h2-5H,6-10H2,1H3,(H,16,17). The van der Waals surface area contributed by atoms with E-state index in [4.69, 9.17) is 4.74 Å². The van der Waals surface area contributed by atoms with E-state index < -0.39 is 0 Å². The summed E-state index contributed by atoms with van der Waals surface area (Å²) in [5.41, 5.74) is 0.0916. The zero-order valence-electron chi connectivity index (χ0n) is 10.9. The molecule has 0 atom stereocenters. The Kier molecular flexibility index (Phi) is 4.82. The number of nitrogens with one attached hydrogen (secondary N) is 1. The Balaban J connectivity index is 1.65. The van der Waals surface area contributed by atoms with Gasteiger partial charge in [-0.05, 0) is 12.1 Å². The van der Waals surface area contributed by atoms with Gasteiger partial charge in [0.2, 0.25) is 5.91 Å². The minimum Gasteiger partial charge on any atom is -0.380 e. The number of rotatable bonds is 6. The van der Waals surface area contributed by atoms with E-state index in [2.05, 4.69) is 12.2 Å². The van der Waals surface area contributed by atoms with E-state index in [1.54, 1.807) is 18.2 Å². The summed E-state index contributed by atoms with van der Waals surface area (Å²) in [6, 6.07) is 6.61. The summed E-state index contributed by atoms with van der Waals surface area (Å²) in [5, 5.41) is 2.90. The molecule has 1 aliphatic rings. The first-order valence-electron chi connectivity index (χ1n) is 6.31. The molecule has 1 aromatic rings. The smallest absolute Gasteiger partial charge is 0.220 e. The molecule has 0 spiro atoms. The predicted molar refractivity (Wildman–Crippen MR) is 73.7 cm³/mol. The van der Waals surface area contributed by atoms with Gasteiger partial charge in [0.05, 0.1) is 13.2 Å². The monoisotopic (exact) mass is 283 g/mol. The van der Waals surface area contributed by atoms with E-state index in [-0.39, 0.29) is 17.1 Å². The maximum absolute atomic E-state index is 13.3. The Morgan fingerprint density at radius 1 is 1.47 bits per heavy atom. The van der Waals surface area contributed by atoms with Crippen molar-refractivity contribution >= 4 is 17.7 Å². The van der Waals surface area contributed by atoms with Crippen LogP contribution in [0.25, 0.3) is 0 Å². The van der Waals surface area contributed by atoms with Crippen LogP contribution in [0.4, 0.5) is 4.39 Å². The van der Waals surface area contributed by atoms with Crippen LogP contribution in [0.5, 0.6) is 0 Å². The summed E-state index contributed by atoms with van der Waals surface area (Å²) in [6.45, 7) is 4.15.